The van der Waals surface area contributed by atoms with E-state index in [1.807, 2.05) is 0 Å². The summed E-state index contributed by atoms with van der Waals surface area (Å²) in [6.45, 7) is 15.0. The van der Waals surface area contributed by atoms with Gasteiger partial charge in [0.25, 0.3) is 0 Å². The van der Waals surface area contributed by atoms with E-state index in [1.54, 1.807) is 0 Å². The van der Waals surface area contributed by atoms with Crippen LogP contribution in [0.4, 0.5) is 0 Å². The zero-order valence-electron chi connectivity index (χ0n) is 25.9. The van der Waals surface area contributed by atoms with E-state index >= 15 is 0 Å². The Morgan fingerprint density at radius 2 is 0.907 bits per heavy atom. The molecule has 4 nitrogen and oxygen atoms in total. The smallest absolute Gasteiger partial charge is 0.352 e. The van der Waals surface area contributed by atoms with Crippen molar-refractivity contribution in [1.82, 2.24) is 0 Å². The summed E-state index contributed by atoms with van der Waals surface area (Å²) in [5.74, 6) is 0. The second-order valence-corrected chi connectivity index (χ2v) is 27.2. The van der Waals surface area contributed by atoms with Gasteiger partial charge >= 0.3 is 34.2 Å². The summed E-state index contributed by atoms with van der Waals surface area (Å²) in [4.78, 5) is 0. The van der Waals surface area contributed by atoms with Crippen molar-refractivity contribution in [2.24, 2.45) is 0 Å². The molecule has 218 valence electrons. The Kier molecular flexibility index (Phi) is 6.73. The zero-order valence-corrected chi connectivity index (χ0v) is 29.9. The van der Waals surface area contributed by atoms with Gasteiger partial charge in [-0.1, -0.05) is 97.1 Å². The van der Waals surface area contributed by atoms with Crippen molar-refractivity contribution in [3.63, 3.8) is 0 Å². The fourth-order valence-electron chi connectivity index (χ4n) is 7.41. The predicted octanol–water partition coefficient (Wildman–Crippen LogP) is 9.29. The van der Waals surface area contributed by atoms with Crippen LogP contribution < -0.4 is 5.19 Å². The third kappa shape index (κ3) is 5.05. The van der Waals surface area contributed by atoms with Crippen LogP contribution in [0.3, 0.4) is 0 Å². The fourth-order valence-corrected chi connectivity index (χ4v) is 28.6. The molecule has 0 atom stereocenters. The van der Waals surface area contributed by atoms with Crippen LogP contribution in [0, 0.1) is 0 Å². The van der Waals surface area contributed by atoms with Gasteiger partial charge in [0, 0.05) is 5.19 Å². The van der Waals surface area contributed by atoms with Crippen LogP contribution in [-0.2, 0) is 16.5 Å². The average molecular weight is 635 g/mol. The van der Waals surface area contributed by atoms with E-state index in [4.69, 9.17) is 16.5 Å². The Morgan fingerprint density at radius 3 is 1.47 bits per heavy atom. The molecule has 0 aromatic heterocycles. The molecule has 1 saturated heterocycles. The van der Waals surface area contributed by atoms with Crippen LogP contribution in [-0.4, -0.2) is 34.2 Å². The van der Waals surface area contributed by atoms with E-state index in [0.29, 0.717) is 0 Å². The standard InChI is InChI=1S/C35H38O4Si4/c1-40(2)36-41(3,4)38-43(7,39-42(5,6)37-40)31-24-30(25-16-10-8-11-17-25)34-28-22-14-20-26-21-15-23-29(32(26)28)35(34)33(31)27-18-12-9-13-19-27/h8-24H,1-7H3. The Hall–Kier alpha value is -2.93. The van der Waals surface area contributed by atoms with Crippen molar-refractivity contribution in [3.05, 3.63) is 103 Å². The summed E-state index contributed by atoms with van der Waals surface area (Å²) >= 11 is 0. The molecule has 0 spiro atoms. The monoisotopic (exact) mass is 634 g/mol. The number of benzene rings is 5. The van der Waals surface area contributed by atoms with E-state index in [2.05, 4.69) is 149 Å². The van der Waals surface area contributed by atoms with Crippen LogP contribution >= 0.6 is 0 Å². The average Bonchev–Trinajstić information content (AvgIpc) is 3.27. The summed E-state index contributed by atoms with van der Waals surface area (Å²) < 4.78 is 28.2. The van der Waals surface area contributed by atoms with Gasteiger partial charge in [0.15, 0.2) is 0 Å². The van der Waals surface area contributed by atoms with Gasteiger partial charge in [-0.15, -0.1) is 0 Å². The molecule has 0 amide bonds. The van der Waals surface area contributed by atoms with Crippen LogP contribution in [0.25, 0.3) is 55.3 Å². The Balaban J connectivity index is 1.62. The highest BCUT2D eigenvalue weighted by Crippen LogP contribution is 2.54. The number of rotatable bonds is 3. The first-order valence-corrected chi connectivity index (χ1v) is 25.8. The van der Waals surface area contributed by atoms with E-state index in [0.717, 1.165) is 10.8 Å². The summed E-state index contributed by atoms with van der Waals surface area (Å²) in [7, 11) is -10.9. The largest absolute Gasteiger partial charge is 0.416 e. The van der Waals surface area contributed by atoms with Crippen molar-refractivity contribution < 1.29 is 16.5 Å². The molecule has 0 N–H and O–H groups in total. The molecule has 1 aliphatic carbocycles. The Bertz CT molecular complexity index is 1840. The number of fused-ring (bicyclic) bond motifs is 3. The first kappa shape index (κ1) is 28.8. The lowest BCUT2D eigenvalue weighted by Crippen LogP contribution is -2.69. The second-order valence-electron chi connectivity index (χ2n) is 13.1. The van der Waals surface area contributed by atoms with E-state index < -0.39 is 34.2 Å². The summed E-state index contributed by atoms with van der Waals surface area (Å²) in [6, 6.07) is 37.3. The highest BCUT2D eigenvalue weighted by molar-refractivity contribution is 6.97. The Labute approximate surface area is 259 Å². The van der Waals surface area contributed by atoms with Gasteiger partial charge in [0.1, 0.15) is 0 Å². The normalized spacial score (nSPS) is 19.4. The van der Waals surface area contributed by atoms with Gasteiger partial charge < -0.3 is 16.5 Å². The zero-order chi connectivity index (χ0) is 30.2. The maximum Gasteiger partial charge on any atom is 0.352 e. The molecule has 7 rings (SSSR count). The molecule has 5 aromatic rings. The number of hydrogen-bond donors (Lipinski definition) is 0. The molecule has 0 bridgehead atoms. The van der Waals surface area contributed by atoms with Crippen molar-refractivity contribution in [3.8, 4) is 44.5 Å². The maximum atomic E-state index is 7.31. The van der Waals surface area contributed by atoms with Crippen LogP contribution in [0.2, 0.25) is 45.8 Å². The second kappa shape index (κ2) is 10.0. The van der Waals surface area contributed by atoms with E-state index in [1.165, 1.54) is 49.7 Å². The summed E-state index contributed by atoms with van der Waals surface area (Å²) in [5.41, 5.74) is 9.82. The van der Waals surface area contributed by atoms with Crippen LogP contribution in [0.1, 0.15) is 0 Å². The minimum atomic E-state index is -3.15. The van der Waals surface area contributed by atoms with Crippen molar-refractivity contribution in [2.45, 2.75) is 45.8 Å². The maximum absolute atomic E-state index is 7.31. The molecule has 5 aromatic carbocycles. The minimum absolute atomic E-state index is 1.14. The lowest BCUT2D eigenvalue weighted by molar-refractivity contribution is 0.242. The molecular weight excluding hydrogens is 597 g/mol. The van der Waals surface area contributed by atoms with Gasteiger partial charge in [0.05, 0.1) is 0 Å². The van der Waals surface area contributed by atoms with Crippen LogP contribution in [0.5, 0.6) is 0 Å². The molecule has 1 heterocycles. The van der Waals surface area contributed by atoms with Gasteiger partial charge in [-0.05, 0) is 107 Å². The first-order chi connectivity index (χ1) is 20.4. The van der Waals surface area contributed by atoms with Gasteiger partial charge in [0.2, 0.25) is 0 Å². The van der Waals surface area contributed by atoms with Crippen molar-refractivity contribution in [2.75, 3.05) is 0 Å². The summed E-state index contributed by atoms with van der Waals surface area (Å²) in [5, 5.41) is 3.70. The van der Waals surface area contributed by atoms with E-state index in [9.17, 15) is 0 Å². The van der Waals surface area contributed by atoms with Crippen molar-refractivity contribution >= 4 is 50.2 Å². The summed E-state index contributed by atoms with van der Waals surface area (Å²) in [6.07, 6.45) is 0. The third-order valence-corrected chi connectivity index (χ3v) is 24.6. The first-order valence-electron chi connectivity index (χ1n) is 15.0. The molecule has 1 fully saturated rings. The Morgan fingerprint density at radius 1 is 0.419 bits per heavy atom. The molecule has 43 heavy (non-hydrogen) atoms. The van der Waals surface area contributed by atoms with E-state index in [-0.39, 0.29) is 0 Å². The highest BCUT2D eigenvalue weighted by atomic mass is 28.5. The molecular formula is C35H38O4Si4. The third-order valence-electron chi connectivity index (χ3n) is 8.27. The molecule has 0 unspecified atom stereocenters. The lowest BCUT2D eigenvalue weighted by Gasteiger charge is -2.48. The van der Waals surface area contributed by atoms with Gasteiger partial charge in [-0.2, -0.15) is 0 Å². The van der Waals surface area contributed by atoms with Crippen LogP contribution in [0.15, 0.2) is 103 Å². The highest BCUT2D eigenvalue weighted by Gasteiger charge is 2.54. The van der Waals surface area contributed by atoms with Gasteiger partial charge in [-0.25, -0.2) is 0 Å². The SMILES string of the molecule is C[Si]1(C)O[Si](C)(C)O[Si](C)(c2cc(-c3ccccc3)c3c(c2-c2ccccc2)-c2cccc4cccc-3c24)O[Si](C)(C)O1. The fraction of sp³-hybridized carbons (Fsp3) is 0.200. The topological polar surface area (TPSA) is 36.9 Å². The molecule has 1 aliphatic heterocycles. The predicted molar refractivity (Wildman–Crippen MR) is 187 cm³/mol. The van der Waals surface area contributed by atoms with Crippen molar-refractivity contribution in [1.29, 1.82) is 0 Å². The molecule has 8 heteroatoms. The molecule has 0 saturated carbocycles. The molecule has 0 radical (unpaired) electrons. The molecule has 2 aliphatic rings. The minimum Gasteiger partial charge on any atom is -0.416 e. The quantitative estimate of drug-likeness (QED) is 0.182. The van der Waals surface area contributed by atoms with Gasteiger partial charge in [-0.3, -0.25) is 0 Å². The lowest BCUT2D eigenvalue weighted by atomic mass is 9.87. The number of hydrogen-bond acceptors (Lipinski definition) is 4.